The van der Waals surface area contributed by atoms with Crippen molar-refractivity contribution in [3.8, 4) is 10.8 Å². The molecule has 0 aliphatic carbocycles. The summed E-state index contributed by atoms with van der Waals surface area (Å²) in [5.41, 5.74) is 0.357. The van der Waals surface area contributed by atoms with Crippen molar-refractivity contribution in [2.24, 2.45) is 11.3 Å². The Kier molecular flexibility index (Phi) is 4.21. The standard InChI is InChI=1S/C12H18BrNO/c1-12(2,3)10-5-8-14(9-6-10)11(15)4-7-13/h10H,5-6,8-9H2,1-3H3. The number of carbonyl (C=O) groups excluding carboxylic acids is 1. The molecular formula is C12H18BrNO. The number of carbonyl (C=O) groups is 1. The van der Waals surface area contributed by atoms with Gasteiger partial charge in [0, 0.05) is 34.9 Å². The van der Waals surface area contributed by atoms with Gasteiger partial charge in [-0.05, 0) is 29.0 Å². The summed E-state index contributed by atoms with van der Waals surface area (Å²) >= 11 is 2.95. The predicted octanol–water partition coefficient (Wildman–Crippen LogP) is 2.63. The molecule has 1 heterocycles. The number of rotatable bonds is 0. The molecule has 0 aromatic carbocycles. The monoisotopic (exact) mass is 271 g/mol. The molecule has 1 amide bonds. The summed E-state index contributed by atoms with van der Waals surface area (Å²) in [6.45, 7) is 8.51. The van der Waals surface area contributed by atoms with Crippen molar-refractivity contribution in [2.45, 2.75) is 33.6 Å². The maximum atomic E-state index is 11.5. The number of halogens is 1. The second-order valence-corrected chi connectivity index (χ2v) is 5.55. The van der Waals surface area contributed by atoms with Gasteiger partial charge in [0.15, 0.2) is 0 Å². The Bertz CT molecular complexity index is 287. The van der Waals surface area contributed by atoms with E-state index < -0.39 is 0 Å². The lowest BCUT2D eigenvalue weighted by atomic mass is 9.75. The fourth-order valence-corrected chi connectivity index (χ4v) is 2.24. The highest BCUT2D eigenvalue weighted by atomic mass is 79.9. The zero-order valence-corrected chi connectivity index (χ0v) is 11.2. The molecule has 0 radical (unpaired) electrons. The predicted molar refractivity (Wildman–Crippen MR) is 65.5 cm³/mol. The third-order valence-corrected chi connectivity index (χ3v) is 3.36. The zero-order chi connectivity index (χ0) is 11.5. The van der Waals surface area contributed by atoms with Crippen LogP contribution in [0, 0.1) is 22.1 Å². The van der Waals surface area contributed by atoms with Crippen LogP contribution in [-0.2, 0) is 4.79 Å². The van der Waals surface area contributed by atoms with Gasteiger partial charge < -0.3 is 4.90 Å². The van der Waals surface area contributed by atoms with Crippen LogP contribution in [0.5, 0.6) is 0 Å². The van der Waals surface area contributed by atoms with E-state index in [0.717, 1.165) is 31.8 Å². The Morgan fingerprint density at radius 3 is 2.27 bits per heavy atom. The molecule has 0 saturated carbocycles. The maximum Gasteiger partial charge on any atom is 0.299 e. The average molecular weight is 272 g/mol. The Morgan fingerprint density at radius 1 is 1.33 bits per heavy atom. The molecule has 0 aromatic heterocycles. The van der Waals surface area contributed by atoms with Gasteiger partial charge in [-0.25, -0.2) is 0 Å². The van der Waals surface area contributed by atoms with E-state index in [-0.39, 0.29) is 5.91 Å². The van der Waals surface area contributed by atoms with Crippen LogP contribution in [0.4, 0.5) is 0 Å². The van der Waals surface area contributed by atoms with Gasteiger partial charge in [-0.1, -0.05) is 20.8 Å². The van der Waals surface area contributed by atoms with E-state index in [0.29, 0.717) is 5.41 Å². The maximum absolute atomic E-state index is 11.5. The number of likely N-dealkylation sites (tertiary alicyclic amines) is 1. The molecule has 3 heteroatoms. The quantitative estimate of drug-likeness (QED) is 0.621. The lowest BCUT2D eigenvalue weighted by molar-refractivity contribution is -0.126. The second kappa shape index (κ2) is 5.03. The van der Waals surface area contributed by atoms with Crippen molar-refractivity contribution >= 4 is 21.8 Å². The van der Waals surface area contributed by atoms with Gasteiger partial charge in [-0.3, -0.25) is 4.79 Å². The molecule has 1 aliphatic heterocycles. The lowest BCUT2D eigenvalue weighted by Gasteiger charge is -2.38. The average Bonchev–Trinajstić information content (AvgIpc) is 2.17. The van der Waals surface area contributed by atoms with Crippen LogP contribution in [0.1, 0.15) is 33.6 Å². The summed E-state index contributed by atoms with van der Waals surface area (Å²) in [5, 5.41) is 0. The molecule has 0 aromatic rings. The summed E-state index contributed by atoms with van der Waals surface area (Å²) < 4.78 is 0. The molecule has 0 spiro atoms. The van der Waals surface area contributed by atoms with E-state index in [1.807, 2.05) is 4.90 Å². The van der Waals surface area contributed by atoms with Crippen LogP contribution in [0.2, 0.25) is 0 Å². The van der Waals surface area contributed by atoms with Crippen LogP contribution in [0.3, 0.4) is 0 Å². The van der Waals surface area contributed by atoms with Gasteiger partial charge in [0.2, 0.25) is 0 Å². The van der Waals surface area contributed by atoms with E-state index in [4.69, 9.17) is 0 Å². The van der Waals surface area contributed by atoms with Crippen LogP contribution in [0.15, 0.2) is 0 Å². The number of nitrogens with zero attached hydrogens (tertiary/aromatic N) is 1. The van der Waals surface area contributed by atoms with E-state index in [9.17, 15) is 4.79 Å². The molecule has 1 rings (SSSR count). The van der Waals surface area contributed by atoms with E-state index >= 15 is 0 Å². The van der Waals surface area contributed by atoms with Crippen LogP contribution >= 0.6 is 15.9 Å². The normalized spacial score (nSPS) is 18.3. The van der Waals surface area contributed by atoms with Crippen molar-refractivity contribution in [2.75, 3.05) is 13.1 Å². The molecule has 1 saturated heterocycles. The van der Waals surface area contributed by atoms with Crippen LogP contribution in [-0.4, -0.2) is 23.9 Å². The first-order chi connectivity index (χ1) is 6.95. The minimum Gasteiger partial charge on any atom is -0.332 e. The summed E-state index contributed by atoms with van der Waals surface area (Å²) in [4.78, 5) is 15.8. The Hall–Kier alpha value is -0.490. The summed E-state index contributed by atoms with van der Waals surface area (Å²) in [6.07, 6.45) is 2.19. The SMILES string of the molecule is CC(C)(C)C1CCN(C(=O)C#CBr)CC1. The zero-order valence-electron chi connectivity index (χ0n) is 9.64. The van der Waals surface area contributed by atoms with Crippen molar-refractivity contribution in [1.29, 1.82) is 0 Å². The summed E-state index contributed by atoms with van der Waals surface area (Å²) in [7, 11) is 0. The minimum atomic E-state index is -0.0563. The summed E-state index contributed by atoms with van der Waals surface area (Å²) in [6, 6.07) is 0. The molecule has 84 valence electrons. The minimum absolute atomic E-state index is 0.0563. The highest BCUT2D eigenvalue weighted by Crippen LogP contribution is 2.34. The topological polar surface area (TPSA) is 20.3 Å². The fraction of sp³-hybridized carbons (Fsp3) is 0.750. The van der Waals surface area contributed by atoms with Gasteiger partial charge in [0.1, 0.15) is 0 Å². The molecule has 1 fully saturated rings. The number of amides is 1. The van der Waals surface area contributed by atoms with E-state index in [1.165, 1.54) is 0 Å². The largest absolute Gasteiger partial charge is 0.332 e. The highest BCUT2D eigenvalue weighted by molar-refractivity contribution is 9.12. The van der Waals surface area contributed by atoms with Crippen molar-refractivity contribution < 1.29 is 4.79 Å². The fourth-order valence-electron chi connectivity index (χ4n) is 2.07. The number of piperidine rings is 1. The van der Waals surface area contributed by atoms with Crippen LogP contribution < -0.4 is 0 Å². The Balaban J connectivity index is 2.48. The van der Waals surface area contributed by atoms with Crippen molar-refractivity contribution in [1.82, 2.24) is 4.90 Å². The van der Waals surface area contributed by atoms with Gasteiger partial charge >= 0.3 is 0 Å². The molecular weight excluding hydrogens is 254 g/mol. The van der Waals surface area contributed by atoms with Gasteiger partial charge in [0.05, 0.1) is 0 Å². The first-order valence-corrected chi connectivity index (χ1v) is 6.15. The smallest absolute Gasteiger partial charge is 0.299 e. The third kappa shape index (κ3) is 3.53. The van der Waals surface area contributed by atoms with E-state index in [1.54, 1.807) is 0 Å². The molecule has 0 unspecified atom stereocenters. The van der Waals surface area contributed by atoms with Crippen LogP contribution in [0.25, 0.3) is 0 Å². The summed E-state index contributed by atoms with van der Waals surface area (Å²) in [5.74, 6) is 3.19. The first kappa shape index (κ1) is 12.6. The van der Waals surface area contributed by atoms with Crippen molar-refractivity contribution in [3.63, 3.8) is 0 Å². The Labute approximate surface area is 101 Å². The van der Waals surface area contributed by atoms with Gasteiger partial charge in [-0.15, -0.1) is 0 Å². The first-order valence-electron chi connectivity index (χ1n) is 5.35. The van der Waals surface area contributed by atoms with Gasteiger partial charge in [-0.2, -0.15) is 0 Å². The second-order valence-electron chi connectivity index (χ2n) is 5.15. The molecule has 0 N–H and O–H groups in total. The van der Waals surface area contributed by atoms with E-state index in [2.05, 4.69) is 47.5 Å². The number of hydrogen-bond donors (Lipinski definition) is 0. The molecule has 2 nitrogen and oxygen atoms in total. The molecule has 15 heavy (non-hydrogen) atoms. The van der Waals surface area contributed by atoms with Crippen molar-refractivity contribution in [3.05, 3.63) is 0 Å². The molecule has 0 bridgehead atoms. The van der Waals surface area contributed by atoms with Gasteiger partial charge in [0.25, 0.3) is 5.91 Å². The Morgan fingerprint density at radius 2 is 1.87 bits per heavy atom. The molecule has 0 atom stereocenters. The third-order valence-electron chi connectivity index (χ3n) is 3.16. The lowest BCUT2D eigenvalue weighted by Crippen LogP contribution is -2.40. The number of hydrogen-bond acceptors (Lipinski definition) is 1. The molecule has 1 aliphatic rings. The highest BCUT2D eigenvalue weighted by Gasteiger charge is 2.29.